The number of carbonyl (C=O) groups is 4. The van der Waals surface area contributed by atoms with Gasteiger partial charge in [-0.25, -0.2) is 43.9 Å². The van der Waals surface area contributed by atoms with Gasteiger partial charge in [-0.15, -0.1) is 22.7 Å². The molecule has 0 radical (unpaired) electrons. The van der Waals surface area contributed by atoms with E-state index < -0.39 is 92.4 Å². The Balaban J connectivity index is 1.19. The monoisotopic (exact) mass is 760 g/mol. The van der Waals surface area contributed by atoms with Crippen molar-refractivity contribution in [1.29, 1.82) is 0 Å². The van der Waals surface area contributed by atoms with Gasteiger partial charge in [0.25, 0.3) is 0 Å². The highest BCUT2D eigenvalue weighted by Crippen LogP contribution is 2.41. The Bertz CT molecular complexity index is 2390. The van der Waals surface area contributed by atoms with Crippen LogP contribution in [0.25, 0.3) is 32.0 Å². The van der Waals surface area contributed by atoms with Crippen LogP contribution in [-0.2, 0) is 0 Å². The lowest BCUT2D eigenvalue weighted by Crippen LogP contribution is -2.21. The fourth-order valence-corrected chi connectivity index (χ4v) is 7.47. The Kier molecular flexibility index (Phi) is 8.33. The van der Waals surface area contributed by atoms with E-state index in [0.717, 1.165) is 12.1 Å². The fourth-order valence-electron chi connectivity index (χ4n) is 5.57. The SMILES string of the molecule is O=C1C(=O)c2cc(-c3ccc(C(=O)c4c(F)c(F)c(F)c(F)c4F)s3)ccc2-c2ccc(-c3ccc(C(=O)c4c(F)c(F)c(F)c(F)c4F)s3)cc21. The van der Waals surface area contributed by atoms with E-state index in [1.807, 2.05) is 0 Å². The Hall–Kier alpha value is -5.74. The molecule has 0 atom stereocenters. The lowest BCUT2D eigenvalue weighted by Gasteiger charge is -2.19. The van der Waals surface area contributed by atoms with Gasteiger partial charge in [-0.1, -0.05) is 24.3 Å². The van der Waals surface area contributed by atoms with Crippen LogP contribution in [0.3, 0.4) is 0 Å². The molecule has 2 aromatic heterocycles. The first-order valence-electron chi connectivity index (χ1n) is 14.3. The zero-order chi connectivity index (χ0) is 37.5. The first kappa shape index (κ1) is 34.7. The van der Waals surface area contributed by atoms with E-state index in [4.69, 9.17) is 0 Å². The lowest BCUT2D eigenvalue weighted by atomic mass is 9.82. The third kappa shape index (κ3) is 5.20. The number of thiophene rings is 2. The number of fused-ring (bicyclic) bond motifs is 3. The molecular weight excluding hydrogens is 751 g/mol. The standard InChI is InChI=1S/C36H10F10O4S2/c37-23-21(24(38)28(42)31(45)27(23)41)35(49)19-7-5-17(51-19)11-1-3-13-14-4-2-12(10-16(14)34(48)33(47)15(13)9-11)18-6-8-20(52-18)36(50)22-25(39)29(43)32(46)30(44)26(22)40/h1-10H. The summed E-state index contributed by atoms with van der Waals surface area (Å²) >= 11 is 1.26. The van der Waals surface area contributed by atoms with Gasteiger partial charge in [0.15, 0.2) is 46.5 Å². The molecule has 4 nitrogen and oxygen atoms in total. The quantitative estimate of drug-likeness (QED) is 0.0558. The van der Waals surface area contributed by atoms with E-state index in [0.29, 0.717) is 33.8 Å². The smallest absolute Gasteiger partial charge is 0.234 e. The summed E-state index contributed by atoms with van der Waals surface area (Å²) in [6.45, 7) is 0. The molecule has 0 saturated carbocycles. The fraction of sp³-hybridized carbons (Fsp3) is 0. The van der Waals surface area contributed by atoms with Gasteiger partial charge in [-0.05, 0) is 58.7 Å². The molecule has 7 rings (SSSR count). The maximum Gasteiger partial charge on any atom is 0.234 e. The second-order valence-corrected chi connectivity index (χ2v) is 13.2. The maximum absolute atomic E-state index is 14.3. The van der Waals surface area contributed by atoms with Crippen LogP contribution < -0.4 is 0 Å². The summed E-state index contributed by atoms with van der Waals surface area (Å²) < 4.78 is 139. The number of hydrogen-bond acceptors (Lipinski definition) is 6. The molecule has 0 N–H and O–H groups in total. The van der Waals surface area contributed by atoms with Crippen molar-refractivity contribution in [3.8, 4) is 32.0 Å². The molecule has 0 unspecified atom stereocenters. The largest absolute Gasteiger partial charge is 0.287 e. The molecule has 260 valence electrons. The summed E-state index contributed by atoms with van der Waals surface area (Å²) in [5, 5.41) is 0. The number of carbonyl (C=O) groups excluding carboxylic acids is 4. The zero-order valence-corrected chi connectivity index (χ0v) is 26.6. The summed E-state index contributed by atoms with van der Waals surface area (Å²) in [6.07, 6.45) is 0. The summed E-state index contributed by atoms with van der Waals surface area (Å²) in [5.74, 6) is -28.0. The molecule has 16 heteroatoms. The van der Waals surface area contributed by atoms with Gasteiger partial charge in [-0.3, -0.25) is 19.2 Å². The average Bonchev–Trinajstić information content (AvgIpc) is 3.85. The van der Waals surface area contributed by atoms with Crippen molar-refractivity contribution < 1.29 is 63.1 Å². The van der Waals surface area contributed by atoms with E-state index in [1.165, 1.54) is 48.5 Å². The molecule has 1 aliphatic carbocycles. The van der Waals surface area contributed by atoms with Crippen LogP contribution in [0.5, 0.6) is 0 Å². The number of ketones is 4. The van der Waals surface area contributed by atoms with Crippen molar-refractivity contribution in [1.82, 2.24) is 0 Å². The van der Waals surface area contributed by atoms with Crippen LogP contribution >= 0.6 is 22.7 Å². The van der Waals surface area contributed by atoms with Crippen LogP contribution in [0, 0.1) is 58.2 Å². The number of Topliss-reactive ketones (excluding diaryl/α,β-unsaturated/α-hetero) is 2. The first-order chi connectivity index (χ1) is 24.6. The molecule has 0 spiro atoms. The summed E-state index contributed by atoms with van der Waals surface area (Å²) in [5.41, 5.74) is -2.25. The second kappa shape index (κ2) is 12.5. The molecule has 52 heavy (non-hydrogen) atoms. The number of benzene rings is 4. The molecular formula is C36H10F10O4S2. The normalized spacial score (nSPS) is 12.3. The number of halogens is 10. The van der Waals surface area contributed by atoms with E-state index in [9.17, 15) is 63.1 Å². The Morgan fingerprint density at radius 1 is 0.385 bits per heavy atom. The number of hydrogen-bond donors (Lipinski definition) is 0. The topological polar surface area (TPSA) is 68.3 Å². The second-order valence-electron chi connectivity index (χ2n) is 11.1. The predicted molar refractivity (Wildman–Crippen MR) is 166 cm³/mol. The van der Waals surface area contributed by atoms with Gasteiger partial charge in [0.1, 0.15) is 11.1 Å². The summed E-state index contributed by atoms with van der Waals surface area (Å²) in [6, 6.07) is 13.4. The van der Waals surface area contributed by atoms with Crippen molar-refractivity contribution in [2.24, 2.45) is 0 Å². The van der Waals surface area contributed by atoms with Crippen LogP contribution in [0.4, 0.5) is 43.9 Å². The minimum absolute atomic E-state index is 0.0596. The highest BCUT2D eigenvalue weighted by Gasteiger charge is 2.34. The highest BCUT2D eigenvalue weighted by molar-refractivity contribution is 7.18. The van der Waals surface area contributed by atoms with Gasteiger partial charge < -0.3 is 0 Å². The first-order valence-corrected chi connectivity index (χ1v) is 16.0. The minimum atomic E-state index is -2.42. The van der Waals surface area contributed by atoms with Gasteiger partial charge in [-0.2, -0.15) is 0 Å². The van der Waals surface area contributed by atoms with Crippen molar-refractivity contribution in [2.45, 2.75) is 0 Å². The molecule has 0 aliphatic heterocycles. The third-order valence-corrected chi connectivity index (χ3v) is 10.4. The van der Waals surface area contributed by atoms with Crippen molar-refractivity contribution in [3.63, 3.8) is 0 Å². The Morgan fingerprint density at radius 3 is 1.02 bits per heavy atom. The van der Waals surface area contributed by atoms with Crippen LogP contribution in [-0.4, -0.2) is 23.1 Å². The van der Waals surface area contributed by atoms with E-state index in [2.05, 4.69) is 0 Å². The van der Waals surface area contributed by atoms with Crippen LogP contribution in [0.1, 0.15) is 51.2 Å². The summed E-state index contributed by atoms with van der Waals surface area (Å²) in [7, 11) is 0. The van der Waals surface area contributed by atoms with Gasteiger partial charge >= 0.3 is 0 Å². The van der Waals surface area contributed by atoms with Crippen molar-refractivity contribution in [2.75, 3.05) is 0 Å². The Morgan fingerprint density at radius 2 is 0.692 bits per heavy atom. The highest BCUT2D eigenvalue weighted by atomic mass is 32.1. The van der Waals surface area contributed by atoms with Gasteiger partial charge in [0.05, 0.1) is 9.75 Å². The van der Waals surface area contributed by atoms with E-state index in [-0.39, 0.29) is 41.8 Å². The molecule has 0 bridgehead atoms. The molecule has 4 aromatic carbocycles. The molecule has 0 fully saturated rings. The molecule has 0 amide bonds. The van der Waals surface area contributed by atoms with Crippen molar-refractivity contribution >= 4 is 45.8 Å². The van der Waals surface area contributed by atoms with Crippen molar-refractivity contribution in [3.05, 3.63) is 151 Å². The average molecular weight is 761 g/mol. The van der Waals surface area contributed by atoms with Crippen LogP contribution in [0.2, 0.25) is 0 Å². The van der Waals surface area contributed by atoms with Crippen LogP contribution in [0.15, 0.2) is 60.7 Å². The molecule has 1 aliphatic rings. The predicted octanol–water partition coefficient (Wildman–Crippen LogP) is 10.0. The zero-order valence-electron chi connectivity index (χ0n) is 25.0. The van der Waals surface area contributed by atoms with E-state index in [1.54, 1.807) is 0 Å². The maximum atomic E-state index is 14.3. The van der Waals surface area contributed by atoms with Gasteiger partial charge in [0, 0.05) is 20.9 Å². The molecule has 0 saturated heterocycles. The minimum Gasteiger partial charge on any atom is -0.287 e. The van der Waals surface area contributed by atoms with Gasteiger partial charge in [0.2, 0.25) is 34.8 Å². The molecule has 6 aromatic rings. The third-order valence-electron chi connectivity index (χ3n) is 8.13. The summed E-state index contributed by atoms with van der Waals surface area (Å²) in [4.78, 5) is 51.9. The van der Waals surface area contributed by atoms with E-state index >= 15 is 0 Å². The number of rotatable bonds is 6. The molecule has 2 heterocycles. The Labute approximate surface area is 291 Å². The lowest BCUT2D eigenvalue weighted by molar-refractivity contribution is 0.0815.